The average Bonchev–Trinajstić information content (AvgIpc) is 3.10. The number of hydrogen-bond donors (Lipinski definition) is 2. The number of alkyl carbamates (subject to hydrolysis) is 1. The minimum atomic E-state index is -0.646. The van der Waals surface area contributed by atoms with Gasteiger partial charge in [-0.2, -0.15) is 0 Å². The van der Waals surface area contributed by atoms with E-state index in [9.17, 15) is 9.59 Å². The maximum absolute atomic E-state index is 13.2. The fourth-order valence-corrected chi connectivity index (χ4v) is 3.96. The van der Waals surface area contributed by atoms with Crippen LogP contribution in [-0.4, -0.2) is 29.1 Å². The first-order chi connectivity index (χ1) is 14.7. The number of pyridine rings is 1. The molecular weight excluding hydrogens is 410 g/mol. The number of aromatic nitrogens is 1. The molecule has 0 aliphatic carbocycles. The van der Waals surface area contributed by atoms with Crippen LogP contribution in [0.3, 0.4) is 0 Å². The number of benzene rings is 1. The maximum atomic E-state index is 13.2. The van der Waals surface area contributed by atoms with Gasteiger partial charge in [0.2, 0.25) is 5.91 Å². The standard InChI is InChI=1S/C24H27N3O3S/c1-5-6-16-7-9-17(10-8-16)19(15-30-23(29)27-24(2,3)4)22(28)26-21-13-18-11-12-25-14-20(18)31-21/h5,7-14,19H,1,6,15H2,2-4H3,(H,26,28)(H,27,29). The van der Waals surface area contributed by atoms with Gasteiger partial charge in [0.25, 0.3) is 0 Å². The number of fused-ring (bicyclic) bond motifs is 1. The lowest BCUT2D eigenvalue weighted by molar-refractivity contribution is -0.118. The van der Waals surface area contributed by atoms with Gasteiger partial charge >= 0.3 is 6.09 Å². The lowest BCUT2D eigenvalue weighted by atomic mass is 9.97. The molecule has 162 valence electrons. The number of allylic oxidation sites excluding steroid dienone is 1. The van der Waals surface area contributed by atoms with Crippen molar-refractivity contribution >= 4 is 38.4 Å². The number of thiophene rings is 1. The molecule has 3 rings (SSSR count). The fraction of sp³-hybridized carbons (Fsp3) is 0.292. The number of nitrogens with zero attached hydrogens (tertiary/aromatic N) is 1. The molecule has 3 aromatic rings. The third-order valence-corrected chi connectivity index (χ3v) is 5.51. The predicted octanol–water partition coefficient (Wildman–Crippen LogP) is 5.27. The van der Waals surface area contributed by atoms with Crippen LogP contribution in [0, 0.1) is 0 Å². The van der Waals surface area contributed by atoms with Crippen LogP contribution in [0.4, 0.5) is 9.80 Å². The van der Waals surface area contributed by atoms with Gasteiger partial charge in [0.1, 0.15) is 6.61 Å². The van der Waals surface area contributed by atoms with Gasteiger partial charge in [-0.1, -0.05) is 30.3 Å². The molecule has 6 nitrogen and oxygen atoms in total. The van der Waals surface area contributed by atoms with Crippen molar-refractivity contribution in [1.82, 2.24) is 10.3 Å². The summed E-state index contributed by atoms with van der Waals surface area (Å²) in [5.74, 6) is -0.883. The SMILES string of the molecule is C=CCc1ccc(C(COC(=O)NC(C)(C)C)C(=O)Nc2cc3ccncc3s2)cc1. The Morgan fingerprint density at radius 2 is 1.97 bits per heavy atom. The van der Waals surface area contributed by atoms with Crippen LogP contribution in [0.1, 0.15) is 37.8 Å². The zero-order valence-electron chi connectivity index (χ0n) is 18.0. The Kier molecular flexibility index (Phi) is 7.07. The summed E-state index contributed by atoms with van der Waals surface area (Å²) >= 11 is 1.45. The van der Waals surface area contributed by atoms with Crippen LogP contribution in [0.25, 0.3) is 10.1 Å². The number of nitrogens with one attached hydrogen (secondary N) is 2. The average molecular weight is 438 g/mol. The first-order valence-corrected chi connectivity index (χ1v) is 10.9. The third-order valence-electron chi connectivity index (χ3n) is 4.51. The molecule has 1 aromatic carbocycles. The van der Waals surface area contributed by atoms with Gasteiger partial charge < -0.3 is 15.4 Å². The quantitative estimate of drug-likeness (QED) is 0.493. The fourth-order valence-electron chi connectivity index (χ4n) is 3.03. The molecule has 0 fully saturated rings. The molecule has 7 heteroatoms. The van der Waals surface area contributed by atoms with E-state index in [1.165, 1.54) is 11.3 Å². The van der Waals surface area contributed by atoms with Crippen LogP contribution < -0.4 is 10.6 Å². The molecule has 0 saturated carbocycles. The first kappa shape index (κ1) is 22.5. The van der Waals surface area contributed by atoms with E-state index in [1.807, 2.05) is 63.2 Å². The van der Waals surface area contributed by atoms with E-state index in [0.717, 1.165) is 32.6 Å². The summed E-state index contributed by atoms with van der Waals surface area (Å²) in [6.45, 7) is 9.29. The summed E-state index contributed by atoms with van der Waals surface area (Å²) in [6.07, 6.45) is 5.51. The molecule has 2 N–H and O–H groups in total. The van der Waals surface area contributed by atoms with E-state index in [4.69, 9.17) is 4.74 Å². The minimum Gasteiger partial charge on any atom is -0.448 e. The molecule has 2 heterocycles. The van der Waals surface area contributed by atoms with Gasteiger partial charge in [0, 0.05) is 17.9 Å². The monoisotopic (exact) mass is 437 g/mol. The highest BCUT2D eigenvalue weighted by Gasteiger charge is 2.24. The van der Waals surface area contributed by atoms with Crippen molar-refractivity contribution in [2.75, 3.05) is 11.9 Å². The van der Waals surface area contributed by atoms with E-state index in [-0.39, 0.29) is 12.5 Å². The minimum absolute atomic E-state index is 0.0685. The molecule has 1 unspecified atom stereocenters. The second-order valence-electron chi connectivity index (χ2n) is 8.27. The number of rotatable bonds is 7. The van der Waals surface area contributed by atoms with Crippen molar-refractivity contribution in [3.05, 3.63) is 72.6 Å². The normalized spacial score (nSPS) is 12.2. The highest BCUT2D eigenvalue weighted by atomic mass is 32.1. The number of hydrogen-bond acceptors (Lipinski definition) is 5. The Morgan fingerprint density at radius 3 is 2.61 bits per heavy atom. The first-order valence-electron chi connectivity index (χ1n) is 10.0. The van der Waals surface area contributed by atoms with Gasteiger partial charge in [0.05, 0.1) is 15.6 Å². The Labute approximate surface area is 186 Å². The van der Waals surface area contributed by atoms with Gasteiger partial charge in [0.15, 0.2) is 0 Å². The van der Waals surface area contributed by atoms with Crippen molar-refractivity contribution in [1.29, 1.82) is 0 Å². The van der Waals surface area contributed by atoms with Gasteiger partial charge in [-0.25, -0.2) is 4.79 Å². The summed E-state index contributed by atoms with van der Waals surface area (Å²) in [4.78, 5) is 29.4. The summed E-state index contributed by atoms with van der Waals surface area (Å²) in [5, 5.41) is 7.45. The maximum Gasteiger partial charge on any atom is 0.407 e. The molecule has 0 spiro atoms. The van der Waals surface area contributed by atoms with Gasteiger partial charge in [-0.15, -0.1) is 17.9 Å². The molecular formula is C24H27N3O3S. The topological polar surface area (TPSA) is 80.3 Å². The molecule has 0 saturated heterocycles. The molecule has 0 aliphatic rings. The highest BCUT2D eigenvalue weighted by Crippen LogP contribution is 2.30. The summed E-state index contributed by atoms with van der Waals surface area (Å²) < 4.78 is 6.39. The van der Waals surface area contributed by atoms with Crippen LogP contribution in [0.5, 0.6) is 0 Å². The Morgan fingerprint density at radius 1 is 1.23 bits per heavy atom. The second kappa shape index (κ2) is 9.75. The molecule has 2 amide bonds. The lowest BCUT2D eigenvalue weighted by Gasteiger charge is -2.22. The summed E-state index contributed by atoms with van der Waals surface area (Å²) in [6, 6.07) is 11.5. The molecule has 1 atom stereocenters. The zero-order valence-corrected chi connectivity index (χ0v) is 18.8. The zero-order chi connectivity index (χ0) is 22.4. The van der Waals surface area contributed by atoms with E-state index in [1.54, 1.807) is 12.4 Å². The molecule has 0 radical (unpaired) electrons. The Hall–Kier alpha value is -3.19. The van der Waals surface area contributed by atoms with Crippen LogP contribution in [0.15, 0.2) is 61.4 Å². The van der Waals surface area contributed by atoms with Crippen molar-refractivity contribution in [2.24, 2.45) is 0 Å². The smallest absolute Gasteiger partial charge is 0.407 e. The van der Waals surface area contributed by atoms with Crippen molar-refractivity contribution in [2.45, 2.75) is 38.6 Å². The van der Waals surface area contributed by atoms with E-state index in [0.29, 0.717) is 0 Å². The second-order valence-corrected chi connectivity index (χ2v) is 9.36. The molecule has 2 aromatic heterocycles. The van der Waals surface area contributed by atoms with Crippen LogP contribution >= 0.6 is 11.3 Å². The lowest BCUT2D eigenvalue weighted by Crippen LogP contribution is -2.41. The van der Waals surface area contributed by atoms with Gasteiger partial charge in [-0.05, 0) is 55.8 Å². The Bertz CT molecular complexity index is 1030. The largest absolute Gasteiger partial charge is 0.448 e. The number of carbonyl (C=O) groups is 2. The van der Waals surface area contributed by atoms with E-state index in [2.05, 4.69) is 22.2 Å². The van der Waals surface area contributed by atoms with Crippen molar-refractivity contribution in [3.63, 3.8) is 0 Å². The molecule has 31 heavy (non-hydrogen) atoms. The summed E-state index contributed by atoms with van der Waals surface area (Å²) in [5.41, 5.74) is 1.45. The third kappa shape index (κ3) is 6.39. The number of amides is 2. The number of anilines is 1. The van der Waals surface area contributed by atoms with Crippen molar-refractivity contribution < 1.29 is 14.3 Å². The van der Waals surface area contributed by atoms with Crippen LogP contribution in [-0.2, 0) is 16.0 Å². The predicted molar refractivity (Wildman–Crippen MR) is 126 cm³/mol. The van der Waals surface area contributed by atoms with Gasteiger partial charge in [-0.3, -0.25) is 9.78 Å². The summed E-state index contributed by atoms with van der Waals surface area (Å²) in [7, 11) is 0. The number of ether oxygens (including phenoxy) is 1. The molecule has 0 bridgehead atoms. The van der Waals surface area contributed by atoms with E-state index >= 15 is 0 Å². The van der Waals surface area contributed by atoms with Crippen molar-refractivity contribution in [3.8, 4) is 0 Å². The van der Waals surface area contributed by atoms with Crippen LogP contribution in [0.2, 0.25) is 0 Å². The van der Waals surface area contributed by atoms with E-state index < -0.39 is 17.6 Å². The molecule has 0 aliphatic heterocycles. The highest BCUT2D eigenvalue weighted by molar-refractivity contribution is 7.22. The Balaban J connectivity index is 1.78. The number of carbonyl (C=O) groups excluding carboxylic acids is 2.